The highest BCUT2D eigenvalue weighted by Gasteiger charge is 2.37. The zero-order chi connectivity index (χ0) is 16.9. The van der Waals surface area contributed by atoms with Crippen molar-refractivity contribution in [1.29, 1.82) is 0 Å². The largest absolute Gasteiger partial charge is 0.491 e. The van der Waals surface area contributed by atoms with Crippen molar-refractivity contribution in [2.24, 2.45) is 11.7 Å². The maximum absolute atomic E-state index is 12.4. The fourth-order valence-corrected chi connectivity index (χ4v) is 3.34. The van der Waals surface area contributed by atoms with Crippen LogP contribution in [0, 0.1) is 5.92 Å². The Morgan fingerprint density at radius 2 is 2.13 bits per heavy atom. The Labute approximate surface area is 139 Å². The number of hydrogen-bond donors (Lipinski definition) is 2. The van der Waals surface area contributed by atoms with E-state index in [1.165, 1.54) is 5.56 Å². The molecule has 1 aliphatic carbocycles. The fourth-order valence-electron chi connectivity index (χ4n) is 3.34. The summed E-state index contributed by atoms with van der Waals surface area (Å²) in [5.41, 5.74) is 7.09. The van der Waals surface area contributed by atoms with Crippen LogP contribution in [-0.2, 0) is 4.79 Å². The van der Waals surface area contributed by atoms with Gasteiger partial charge in [-0.15, -0.1) is 0 Å². The molecule has 0 aliphatic heterocycles. The van der Waals surface area contributed by atoms with Crippen molar-refractivity contribution < 1.29 is 9.53 Å². The van der Waals surface area contributed by atoms with E-state index in [9.17, 15) is 4.79 Å². The third-order valence-corrected chi connectivity index (χ3v) is 4.77. The van der Waals surface area contributed by atoms with Crippen molar-refractivity contribution >= 4 is 5.91 Å². The minimum atomic E-state index is -0.382. The lowest BCUT2D eigenvalue weighted by atomic mass is 9.74. The number of carbonyl (C=O) groups is 1. The Bertz CT molecular complexity index is 526. The number of nitrogens with one attached hydrogen (secondary N) is 1. The summed E-state index contributed by atoms with van der Waals surface area (Å²) < 4.78 is 5.84. The monoisotopic (exact) mass is 318 g/mol. The van der Waals surface area contributed by atoms with E-state index in [4.69, 9.17) is 10.5 Å². The normalized spacial score (nSPS) is 24.5. The van der Waals surface area contributed by atoms with Gasteiger partial charge in [-0.25, -0.2) is 0 Å². The van der Waals surface area contributed by atoms with Gasteiger partial charge in [0.1, 0.15) is 12.4 Å². The van der Waals surface area contributed by atoms with Crippen molar-refractivity contribution in [3.63, 3.8) is 0 Å². The molecule has 4 heteroatoms. The van der Waals surface area contributed by atoms with E-state index in [0.29, 0.717) is 19.1 Å². The van der Waals surface area contributed by atoms with Crippen LogP contribution in [0.1, 0.15) is 57.9 Å². The number of carbonyl (C=O) groups excluding carboxylic acids is 1. The van der Waals surface area contributed by atoms with Gasteiger partial charge in [-0.1, -0.05) is 44.9 Å². The highest BCUT2D eigenvalue weighted by Crippen LogP contribution is 2.31. The van der Waals surface area contributed by atoms with Gasteiger partial charge in [0.2, 0.25) is 5.91 Å². The first kappa shape index (κ1) is 17.8. The topological polar surface area (TPSA) is 64.3 Å². The standard InChI is InChI=1S/C19H30N2O2/c1-14(2)15-8-4-5-10-17(15)23-13-12-21-18(22)16-9-6-7-11-19(16,3)20/h4-5,8,10,14,16H,6-7,9,11-13,20H2,1-3H3,(H,21,22). The lowest BCUT2D eigenvalue weighted by Crippen LogP contribution is -2.53. The summed E-state index contributed by atoms with van der Waals surface area (Å²) in [7, 11) is 0. The predicted octanol–water partition coefficient (Wildman–Crippen LogP) is 3.21. The minimum Gasteiger partial charge on any atom is -0.491 e. The number of nitrogens with two attached hydrogens (primary N) is 1. The molecular formula is C19H30N2O2. The number of amides is 1. The molecular weight excluding hydrogens is 288 g/mol. The summed E-state index contributed by atoms with van der Waals surface area (Å²) in [6.07, 6.45) is 4.01. The first-order chi connectivity index (χ1) is 10.9. The summed E-state index contributed by atoms with van der Waals surface area (Å²) >= 11 is 0. The van der Waals surface area contributed by atoms with E-state index in [1.54, 1.807) is 0 Å². The van der Waals surface area contributed by atoms with Crippen LogP contribution in [0.2, 0.25) is 0 Å². The molecule has 0 radical (unpaired) electrons. The molecule has 3 N–H and O–H groups in total. The molecule has 4 nitrogen and oxygen atoms in total. The maximum Gasteiger partial charge on any atom is 0.225 e. The van der Waals surface area contributed by atoms with E-state index in [0.717, 1.165) is 31.4 Å². The van der Waals surface area contributed by atoms with Crippen LogP contribution in [0.5, 0.6) is 5.75 Å². The first-order valence-corrected chi connectivity index (χ1v) is 8.70. The molecule has 1 aliphatic rings. The van der Waals surface area contributed by atoms with Gasteiger partial charge in [0, 0.05) is 5.54 Å². The highest BCUT2D eigenvalue weighted by molar-refractivity contribution is 5.80. The first-order valence-electron chi connectivity index (χ1n) is 8.70. The van der Waals surface area contributed by atoms with Crippen molar-refractivity contribution in [3.8, 4) is 5.75 Å². The van der Waals surface area contributed by atoms with Gasteiger partial charge >= 0.3 is 0 Å². The maximum atomic E-state index is 12.4. The second-order valence-electron chi connectivity index (χ2n) is 7.14. The lowest BCUT2D eigenvalue weighted by Gasteiger charge is -2.37. The van der Waals surface area contributed by atoms with Gasteiger partial charge < -0.3 is 15.8 Å². The second kappa shape index (κ2) is 7.82. The molecule has 1 saturated carbocycles. The van der Waals surface area contributed by atoms with E-state index < -0.39 is 0 Å². The average Bonchev–Trinajstić information content (AvgIpc) is 2.51. The fraction of sp³-hybridized carbons (Fsp3) is 0.632. The SMILES string of the molecule is CC(C)c1ccccc1OCCNC(=O)C1CCCCC1(C)N. The summed E-state index contributed by atoms with van der Waals surface area (Å²) in [6, 6.07) is 8.06. The molecule has 128 valence electrons. The Morgan fingerprint density at radius 1 is 1.39 bits per heavy atom. The number of rotatable bonds is 6. The molecule has 0 spiro atoms. The van der Waals surface area contributed by atoms with Gasteiger partial charge in [0.15, 0.2) is 0 Å². The molecule has 23 heavy (non-hydrogen) atoms. The zero-order valence-corrected chi connectivity index (χ0v) is 14.6. The van der Waals surface area contributed by atoms with Crippen LogP contribution in [0.15, 0.2) is 24.3 Å². The van der Waals surface area contributed by atoms with Crippen LogP contribution in [0.25, 0.3) is 0 Å². The minimum absolute atomic E-state index is 0.0652. The highest BCUT2D eigenvalue weighted by atomic mass is 16.5. The van der Waals surface area contributed by atoms with E-state index >= 15 is 0 Å². The predicted molar refractivity (Wildman–Crippen MR) is 93.6 cm³/mol. The third kappa shape index (κ3) is 4.71. The van der Waals surface area contributed by atoms with Crippen LogP contribution < -0.4 is 15.8 Å². The molecule has 2 unspecified atom stereocenters. The molecule has 1 fully saturated rings. The van der Waals surface area contributed by atoms with Gasteiger partial charge in [0.25, 0.3) is 0 Å². The Hall–Kier alpha value is -1.55. The Kier molecular flexibility index (Phi) is 6.05. The number of benzene rings is 1. The van der Waals surface area contributed by atoms with Crippen LogP contribution in [-0.4, -0.2) is 24.6 Å². The molecule has 1 aromatic rings. The molecule has 1 aromatic carbocycles. The molecule has 1 amide bonds. The molecule has 2 rings (SSSR count). The van der Waals surface area contributed by atoms with E-state index in [-0.39, 0.29) is 17.4 Å². The quantitative estimate of drug-likeness (QED) is 0.792. The van der Waals surface area contributed by atoms with Crippen molar-refractivity contribution in [2.45, 2.75) is 57.9 Å². The zero-order valence-electron chi connectivity index (χ0n) is 14.6. The average molecular weight is 318 g/mol. The van der Waals surface area contributed by atoms with Gasteiger partial charge in [0.05, 0.1) is 12.5 Å². The Morgan fingerprint density at radius 3 is 2.83 bits per heavy atom. The van der Waals surface area contributed by atoms with Gasteiger partial charge in [-0.05, 0) is 37.3 Å². The molecule has 0 aromatic heterocycles. The lowest BCUT2D eigenvalue weighted by molar-refractivity contribution is -0.128. The van der Waals surface area contributed by atoms with E-state index in [1.807, 2.05) is 25.1 Å². The number of ether oxygens (including phenoxy) is 1. The smallest absolute Gasteiger partial charge is 0.225 e. The van der Waals surface area contributed by atoms with Crippen molar-refractivity contribution in [1.82, 2.24) is 5.32 Å². The second-order valence-corrected chi connectivity index (χ2v) is 7.14. The number of hydrogen-bond acceptors (Lipinski definition) is 3. The summed E-state index contributed by atoms with van der Waals surface area (Å²) in [5, 5.41) is 2.98. The molecule has 0 heterocycles. The summed E-state index contributed by atoms with van der Waals surface area (Å²) in [6.45, 7) is 7.28. The molecule has 2 atom stereocenters. The van der Waals surface area contributed by atoms with Crippen LogP contribution in [0.4, 0.5) is 0 Å². The number of para-hydroxylation sites is 1. The van der Waals surface area contributed by atoms with Crippen molar-refractivity contribution in [2.75, 3.05) is 13.2 Å². The van der Waals surface area contributed by atoms with Crippen LogP contribution >= 0.6 is 0 Å². The van der Waals surface area contributed by atoms with E-state index in [2.05, 4.69) is 25.2 Å². The van der Waals surface area contributed by atoms with Crippen LogP contribution in [0.3, 0.4) is 0 Å². The van der Waals surface area contributed by atoms with Gasteiger partial charge in [-0.2, -0.15) is 0 Å². The van der Waals surface area contributed by atoms with Gasteiger partial charge in [-0.3, -0.25) is 4.79 Å². The Balaban J connectivity index is 1.80. The third-order valence-electron chi connectivity index (χ3n) is 4.77. The van der Waals surface area contributed by atoms with Crippen molar-refractivity contribution in [3.05, 3.63) is 29.8 Å². The molecule has 0 saturated heterocycles. The molecule has 0 bridgehead atoms. The summed E-state index contributed by atoms with van der Waals surface area (Å²) in [5.74, 6) is 1.30. The summed E-state index contributed by atoms with van der Waals surface area (Å²) in [4.78, 5) is 12.4.